The predicted molar refractivity (Wildman–Crippen MR) is 133 cm³/mol. The zero-order valence-corrected chi connectivity index (χ0v) is 20.0. The maximum atomic E-state index is 12.0. The largest absolute Gasteiger partial charge is 0.497 e. The van der Waals surface area contributed by atoms with Crippen molar-refractivity contribution in [3.05, 3.63) is 58.7 Å². The smallest absolute Gasteiger partial charge is 0.246 e. The summed E-state index contributed by atoms with van der Waals surface area (Å²) >= 11 is 1.85. The second kappa shape index (κ2) is 9.51. The summed E-state index contributed by atoms with van der Waals surface area (Å²) in [4.78, 5) is 29.0. The first-order chi connectivity index (χ1) is 16.2. The number of carbonyl (C=O) groups is 1. The van der Waals surface area contributed by atoms with E-state index in [9.17, 15) is 4.79 Å². The Labute approximate surface area is 198 Å². The van der Waals surface area contributed by atoms with Crippen LogP contribution in [0.15, 0.2) is 36.9 Å². The Morgan fingerprint density at radius 2 is 1.97 bits per heavy atom. The van der Waals surface area contributed by atoms with Gasteiger partial charge in [-0.3, -0.25) is 4.79 Å². The van der Waals surface area contributed by atoms with Crippen molar-refractivity contribution in [1.82, 2.24) is 14.9 Å². The van der Waals surface area contributed by atoms with Crippen molar-refractivity contribution >= 4 is 33.3 Å². The second-order valence-corrected chi connectivity index (χ2v) is 9.81. The minimum absolute atomic E-state index is 0.00868. The van der Waals surface area contributed by atoms with Crippen LogP contribution in [0.5, 0.6) is 5.75 Å². The number of hydrogen-bond donors (Lipinski definition) is 0. The summed E-state index contributed by atoms with van der Waals surface area (Å²) in [6, 6.07) is 8.21. The maximum absolute atomic E-state index is 12.0. The molecule has 1 aromatic carbocycles. The fourth-order valence-electron chi connectivity index (χ4n) is 4.87. The van der Waals surface area contributed by atoms with Gasteiger partial charge in [0, 0.05) is 37.5 Å². The first-order valence-corrected chi connectivity index (χ1v) is 12.6. The molecule has 0 bridgehead atoms. The third-order valence-corrected chi connectivity index (χ3v) is 7.86. The van der Waals surface area contributed by atoms with Crippen LogP contribution in [-0.4, -0.2) is 54.1 Å². The van der Waals surface area contributed by atoms with Crippen molar-refractivity contribution in [1.29, 1.82) is 0 Å². The third-order valence-electron chi connectivity index (χ3n) is 6.68. The molecular formula is C26H30N4O2S. The SMILES string of the molecule is C=CC(=O)N1CCN(c2nc(CCc3cccc(OC)c3)nc3sc4c(c23)CCCC4)CC1. The molecule has 1 saturated heterocycles. The quantitative estimate of drug-likeness (QED) is 0.514. The summed E-state index contributed by atoms with van der Waals surface area (Å²) in [7, 11) is 1.70. The van der Waals surface area contributed by atoms with Gasteiger partial charge in [0.05, 0.1) is 12.5 Å². The lowest BCUT2D eigenvalue weighted by Gasteiger charge is -2.35. The Morgan fingerprint density at radius 1 is 1.15 bits per heavy atom. The molecule has 2 aliphatic rings. The topological polar surface area (TPSA) is 58.6 Å². The molecule has 1 aliphatic carbocycles. The lowest BCUT2D eigenvalue weighted by Crippen LogP contribution is -2.48. The van der Waals surface area contributed by atoms with Gasteiger partial charge in [0.15, 0.2) is 0 Å². The minimum atomic E-state index is 0.00868. The van der Waals surface area contributed by atoms with Crippen LogP contribution in [0, 0.1) is 0 Å². The number of benzene rings is 1. The molecule has 6 nitrogen and oxygen atoms in total. The number of amides is 1. The summed E-state index contributed by atoms with van der Waals surface area (Å²) < 4.78 is 5.37. The van der Waals surface area contributed by atoms with E-state index in [0.717, 1.165) is 61.0 Å². The van der Waals surface area contributed by atoms with Crippen molar-refractivity contribution < 1.29 is 9.53 Å². The highest BCUT2D eigenvalue weighted by Crippen LogP contribution is 2.40. The number of rotatable bonds is 6. The summed E-state index contributed by atoms with van der Waals surface area (Å²) in [6.07, 6.45) is 7.82. The normalized spacial score (nSPS) is 16.0. The van der Waals surface area contributed by atoms with E-state index in [-0.39, 0.29) is 5.91 Å². The molecule has 0 atom stereocenters. The number of piperazine rings is 1. The lowest BCUT2D eigenvalue weighted by atomic mass is 9.96. The summed E-state index contributed by atoms with van der Waals surface area (Å²) in [6.45, 7) is 6.59. The number of aromatic nitrogens is 2. The second-order valence-electron chi connectivity index (χ2n) is 8.72. The molecule has 3 heterocycles. The van der Waals surface area contributed by atoms with E-state index in [1.165, 1.54) is 40.3 Å². The predicted octanol–water partition coefficient (Wildman–Crippen LogP) is 4.20. The van der Waals surface area contributed by atoms with Crippen molar-refractivity contribution in [3.63, 3.8) is 0 Å². The standard InChI is InChI=1S/C26H30N4O2S/c1-3-23(31)29-13-15-30(16-14-29)25-24-20-9-4-5-10-21(20)33-26(24)28-22(27-25)12-11-18-7-6-8-19(17-18)32-2/h3,6-8,17H,1,4-5,9-16H2,2H3. The zero-order valence-electron chi connectivity index (χ0n) is 19.2. The average Bonchev–Trinajstić information content (AvgIpc) is 3.25. The number of nitrogens with zero attached hydrogens (tertiary/aromatic N) is 4. The molecule has 0 spiro atoms. The Balaban J connectivity index is 1.46. The van der Waals surface area contributed by atoms with E-state index in [2.05, 4.69) is 23.6 Å². The van der Waals surface area contributed by atoms with Crippen LogP contribution in [0.25, 0.3) is 10.2 Å². The van der Waals surface area contributed by atoms with Gasteiger partial charge in [-0.25, -0.2) is 9.97 Å². The van der Waals surface area contributed by atoms with Crippen LogP contribution in [-0.2, 0) is 30.5 Å². The molecule has 3 aromatic rings. The average molecular weight is 463 g/mol. The molecular weight excluding hydrogens is 432 g/mol. The van der Waals surface area contributed by atoms with E-state index in [4.69, 9.17) is 14.7 Å². The minimum Gasteiger partial charge on any atom is -0.497 e. The number of hydrogen-bond acceptors (Lipinski definition) is 6. The van der Waals surface area contributed by atoms with Crippen molar-refractivity contribution in [3.8, 4) is 5.75 Å². The fourth-order valence-corrected chi connectivity index (χ4v) is 6.15. The van der Waals surface area contributed by atoms with Crippen LogP contribution >= 0.6 is 11.3 Å². The van der Waals surface area contributed by atoms with Gasteiger partial charge < -0.3 is 14.5 Å². The van der Waals surface area contributed by atoms with E-state index in [1.807, 2.05) is 28.4 Å². The first-order valence-electron chi connectivity index (χ1n) is 11.8. The molecule has 5 rings (SSSR count). The number of fused-ring (bicyclic) bond motifs is 3. The molecule has 7 heteroatoms. The Morgan fingerprint density at radius 3 is 2.76 bits per heavy atom. The highest BCUT2D eigenvalue weighted by atomic mass is 32.1. The monoisotopic (exact) mass is 462 g/mol. The van der Waals surface area contributed by atoms with Crippen LogP contribution in [0.4, 0.5) is 5.82 Å². The Kier molecular flexibility index (Phi) is 6.31. The van der Waals surface area contributed by atoms with Gasteiger partial charge in [-0.2, -0.15) is 0 Å². The highest BCUT2D eigenvalue weighted by Gasteiger charge is 2.27. The Hall–Kier alpha value is -2.93. The van der Waals surface area contributed by atoms with Crippen LogP contribution in [0.3, 0.4) is 0 Å². The number of methoxy groups -OCH3 is 1. The molecule has 1 aliphatic heterocycles. The van der Waals surface area contributed by atoms with Crippen molar-refractivity contribution in [2.24, 2.45) is 0 Å². The maximum Gasteiger partial charge on any atom is 0.246 e. The first kappa shape index (κ1) is 21.9. The lowest BCUT2D eigenvalue weighted by molar-refractivity contribution is -0.126. The highest BCUT2D eigenvalue weighted by molar-refractivity contribution is 7.19. The van der Waals surface area contributed by atoms with Gasteiger partial charge in [0.25, 0.3) is 0 Å². The summed E-state index contributed by atoms with van der Waals surface area (Å²) in [5.74, 6) is 2.84. The van der Waals surface area contributed by atoms with E-state index < -0.39 is 0 Å². The van der Waals surface area contributed by atoms with E-state index in [0.29, 0.717) is 13.1 Å². The number of thiophene rings is 1. The molecule has 33 heavy (non-hydrogen) atoms. The molecule has 172 valence electrons. The number of carbonyl (C=O) groups excluding carboxylic acids is 1. The molecule has 0 N–H and O–H groups in total. The zero-order chi connectivity index (χ0) is 22.8. The van der Waals surface area contributed by atoms with E-state index in [1.54, 1.807) is 7.11 Å². The van der Waals surface area contributed by atoms with Gasteiger partial charge in [0.2, 0.25) is 5.91 Å². The van der Waals surface area contributed by atoms with Gasteiger partial charge in [-0.05, 0) is 61.4 Å². The van der Waals surface area contributed by atoms with Crippen molar-refractivity contribution in [2.75, 3.05) is 38.2 Å². The van der Waals surface area contributed by atoms with Gasteiger partial charge in [0.1, 0.15) is 22.2 Å². The molecule has 0 saturated carbocycles. The van der Waals surface area contributed by atoms with Crippen molar-refractivity contribution in [2.45, 2.75) is 38.5 Å². The third kappa shape index (κ3) is 4.47. The number of anilines is 1. The fraction of sp³-hybridized carbons (Fsp3) is 0.423. The summed E-state index contributed by atoms with van der Waals surface area (Å²) in [5, 5.41) is 1.25. The number of ether oxygens (including phenoxy) is 1. The van der Waals surface area contributed by atoms with Crippen LogP contribution in [0.2, 0.25) is 0 Å². The van der Waals surface area contributed by atoms with Gasteiger partial charge in [-0.1, -0.05) is 18.7 Å². The number of aryl methyl sites for hydroxylation is 4. The molecule has 2 aromatic heterocycles. The molecule has 0 radical (unpaired) electrons. The molecule has 0 unspecified atom stereocenters. The Bertz CT molecular complexity index is 1180. The van der Waals surface area contributed by atoms with Gasteiger partial charge in [-0.15, -0.1) is 11.3 Å². The van der Waals surface area contributed by atoms with E-state index >= 15 is 0 Å². The summed E-state index contributed by atoms with van der Waals surface area (Å²) in [5.41, 5.74) is 2.68. The van der Waals surface area contributed by atoms with Crippen LogP contribution in [0.1, 0.15) is 34.7 Å². The molecule has 1 fully saturated rings. The van der Waals surface area contributed by atoms with Crippen LogP contribution < -0.4 is 9.64 Å². The molecule has 1 amide bonds. The van der Waals surface area contributed by atoms with Gasteiger partial charge >= 0.3 is 0 Å².